The molecule has 0 heterocycles. The van der Waals surface area contributed by atoms with Crippen LogP contribution in [0.2, 0.25) is 5.02 Å². The van der Waals surface area contributed by atoms with Crippen molar-refractivity contribution in [2.75, 3.05) is 7.05 Å². The topological polar surface area (TPSA) is 12.0 Å². The summed E-state index contributed by atoms with van der Waals surface area (Å²) in [5.74, 6) is -0.321. The van der Waals surface area contributed by atoms with Crippen LogP contribution in [0, 0.1) is 12.7 Å². The van der Waals surface area contributed by atoms with Crippen molar-refractivity contribution in [3.05, 3.63) is 70.0 Å². The second kappa shape index (κ2) is 6.18. The van der Waals surface area contributed by atoms with Crippen LogP contribution in [0.25, 0.3) is 0 Å². The summed E-state index contributed by atoms with van der Waals surface area (Å²) < 4.78 is 14.0. The van der Waals surface area contributed by atoms with E-state index in [2.05, 4.69) is 24.4 Å². The monoisotopic (exact) mass is 277 g/mol. The molecule has 1 N–H and O–H groups in total. The third-order valence-electron chi connectivity index (χ3n) is 3.37. The highest BCUT2D eigenvalue weighted by Gasteiger charge is 2.15. The van der Waals surface area contributed by atoms with E-state index in [0.29, 0.717) is 12.0 Å². The molecule has 1 atom stereocenters. The van der Waals surface area contributed by atoms with E-state index in [1.807, 2.05) is 19.2 Å². The van der Waals surface area contributed by atoms with E-state index in [9.17, 15) is 4.39 Å². The number of hydrogen-bond donors (Lipinski definition) is 1. The molecule has 0 aliphatic rings. The molecule has 2 aromatic rings. The van der Waals surface area contributed by atoms with Crippen molar-refractivity contribution in [2.24, 2.45) is 0 Å². The molecule has 2 rings (SSSR count). The van der Waals surface area contributed by atoms with E-state index in [-0.39, 0.29) is 16.9 Å². The molecule has 1 unspecified atom stereocenters. The summed E-state index contributed by atoms with van der Waals surface area (Å²) in [5.41, 5.74) is 3.02. The van der Waals surface area contributed by atoms with Crippen molar-refractivity contribution in [3.8, 4) is 0 Å². The Morgan fingerprint density at radius 1 is 1.16 bits per heavy atom. The average Bonchev–Trinajstić information content (AvgIpc) is 2.41. The highest BCUT2D eigenvalue weighted by Crippen LogP contribution is 2.25. The summed E-state index contributed by atoms with van der Waals surface area (Å²) in [6, 6.07) is 13.4. The molecule has 0 bridgehead atoms. The summed E-state index contributed by atoms with van der Waals surface area (Å²) in [7, 11) is 1.89. The van der Waals surface area contributed by atoms with Gasteiger partial charge in [-0.1, -0.05) is 48.0 Å². The highest BCUT2D eigenvalue weighted by atomic mass is 35.5. The normalized spacial score (nSPS) is 12.4. The van der Waals surface area contributed by atoms with Gasteiger partial charge in [0.1, 0.15) is 5.82 Å². The number of aryl methyl sites for hydroxylation is 1. The van der Waals surface area contributed by atoms with Crippen molar-refractivity contribution >= 4 is 11.6 Å². The Hall–Kier alpha value is -1.38. The van der Waals surface area contributed by atoms with Gasteiger partial charge < -0.3 is 5.32 Å². The Balaban J connectivity index is 2.30. The van der Waals surface area contributed by atoms with Gasteiger partial charge in [0.2, 0.25) is 0 Å². The minimum atomic E-state index is -0.321. The predicted molar refractivity (Wildman–Crippen MR) is 78.1 cm³/mol. The first kappa shape index (κ1) is 14.0. The summed E-state index contributed by atoms with van der Waals surface area (Å²) in [5, 5.41) is 3.42. The van der Waals surface area contributed by atoms with E-state index in [0.717, 1.165) is 0 Å². The Bertz CT molecular complexity index is 568. The van der Waals surface area contributed by atoms with Gasteiger partial charge >= 0.3 is 0 Å². The van der Waals surface area contributed by atoms with Crippen LogP contribution < -0.4 is 5.32 Å². The minimum Gasteiger partial charge on any atom is -0.313 e. The number of nitrogens with one attached hydrogen (secondary N) is 1. The quantitative estimate of drug-likeness (QED) is 0.879. The van der Waals surface area contributed by atoms with E-state index >= 15 is 0 Å². The molecule has 0 amide bonds. The van der Waals surface area contributed by atoms with Gasteiger partial charge in [-0.15, -0.1) is 0 Å². The Morgan fingerprint density at radius 3 is 2.58 bits per heavy atom. The molecule has 3 heteroatoms. The summed E-state index contributed by atoms with van der Waals surface area (Å²) >= 11 is 5.82. The third-order valence-corrected chi connectivity index (χ3v) is 3.66. The molecule has 0 aliphatic heterocycles. The Kier molecular flexibility index (Phi) is 4.56. The maximum Gasteiger partial charge on any atom is 0.145 e. The number of benzene rings is 2. The number of hydrogen-bond acceptors (Lipinski definition) is 1. The third kappa shape index (κ3) is 3.14. The van der Waals surface area contributed by atoms with Crippen LogP contribution in [0.5, 0.6) is 0 Å². The van der Waals surface area contributed by atoms with Crippen LogP contribution in [0.15, 0.2) is 42.5 Å². The van der Waals surface area contributed by atoms with Gasteiger partial charge in [0, 0.05) is 6.04 Å². The fraction of sp³-hybridized carbons (Fsp3) is 0.250. The smallest absolute Gasteiger partial charge is 0.145 e. The van der Waals surface area contributed by atoms with Crippen molar-refractivity contribution < 1.29 is 4.39 Å². The fourth-order valence-corrected chi connectivity index (χ4v) is 2.47. The SMILES string of the molecule is CNC(Cc1cccc(Cl)c1F)c1ccccc1C. The molecule has 2 aromatic carbocycles. The Labute approximate surface area is 118 Å². The van der Waals surface area contributed by atoms with E-state index in [1.54, 1.807) is 18.2 Å². The molecular weight excluding hydrogens is 261 g/mol. The molecule has 0 spiro atoms. The van der Waals surface area contributed by atoms with Crippen molar-refractivity contribution in [2.45, 2.75) is 19.4 Å². The van der Waals surface area contributed by atoms with E-state index in [4.69, 9.17) is 11.6 Å². The lowest BCUT2D eigenvalue weighted by Crippen LogP contribution is -2.20. The second-order valence-corrected chi connectivity index (χ2v) is 5.02. The lowest BCUT2D eigenvalue weighted by atomic mass is 9.95. The summed E-state index contributed by atoms with van der Waals surface area (Å²) in [6.07, 6.45) is 0.577. The molecule has 0 saturated carbocycles. The zero-order valence-electron chi connectivity index (χ0n) is 11.1. The standard InChI is InChI=1S/C16H17ClFN/c1-11-6-3-4-8-13(11)15(19-2)10-12-7-5-9-14(17)16(12)18/h3-9,15,19H,10H2,1-2H3. The Morgan fingerprint density at radius 2 is 1.89 bits per heavy atom. The summed E-state index contributed by atoms with van der Waals surface area (Å²) in [4.78, 5) is 0. The largest absolute Gasteiger partial charge is 0.313 e. The first-order chi connectivity index (χ1) is 9.13. The van der Waals surface area contributed by atoms with Crippen molar-refractivity contribution in [3.63, 3.8) is 0 Å². The molecule has 0 aromatic heterocycles. The first-order valence-corrected chi connectivity index (χ1v) is 6.67. The molecule has 0 aliphatic carbocycles. The van der Waals surface area contributed by atoms with E-state index < -0.39 is 0 Å². The van der Waals surface area contributed by atoms with Gasteiger partial charge in [-0.05, 0) is 43.1 Å². The van der Waals surface area contributed by atoms with Crippen LogP contribution in [-0.2, 0) is 6.42 Å². The maximum atomic E-state index is 14.0. The average molecular weight is 278 g/mol. The molecular formula is C16H17ClFN. The van der Waals surface area contributed by atoms with Crippen LogP contribution in [0.3, 0.4) is 0 Å². The number of halogens is 2. The van der Waals surface area contributed by atoms with Gasteiger partial charge in [-0.25, -0.2) is 4.39 Å². The van der Waals surface area contributed by atoms with Gasteiger partial charge in [-0.2, -0.15) is 0 Å². The predicted octanol–water partition coefficient (Wildman–Crippen LogP) is 4.29. The highest BCUT2D eigenvalue weighted by molar-refractivity contribution is 6.30. The van der Waals surface area contributed by atoms with Crippen LogP contribution >= 0.6 is 11.6 Å². The maximum absolute atomic E-state index is 14.0. The van der Waals surface area contributed by atoms with Crippen molar-refractivity contribution in [1.29, 1.82) is 0 Å². The van der Waals surface area contributed by atoms with Crippen molar-refractivity contribution in [1.82, 2.24) is 5.32 Å². The van der Waals surface area contributed by atoms with Crippen LogP contribution in [0.1, 0.15) is 22.7 Å². The zero-order chi connectivity index (χ0) is 13.8. The van der Waals surface area contributed by atoms with Gasteiger partial charge in [0.25, 0.3) is 0 Å². The molecule has 100 valence electrons. The zero-order valence-corrected chi connectivity index (χ0v) is 11.8. The van der Waals surface area contributed by atoms with E-state index in [1.165, 1.54) is 11.1 Å². The fourth-order valence-electron chi connectivity index (χ4n) is 2.27. The van der Waals surface area contributed by atoms with Gasteiger partial charge in [0.05, 0.1) is 5.02 Å². The lowest BCUT2D eigenvalue weighted by molar-refractivity contribution is 0.553. The number of likely N-dealkylation sites (N-methyl/N-ethyl adjacent to an activating group) is 1. The molecule has 1 nitrogen and oxygen atoms in total. The minimum absolute atomic E-state index is 0.0779. The molecule has 0 saturated heterocycles. The molecule has 0 fully saturated rings. The van der Waals surface area contributed by atoms with Crippen LogP contribution in [0.4, 0.5) is 4.39 Å². The lowest BCUT2D eigenvalue weighted by Gasteiger charge is -2.19. The van der Waals surface area contributed by atoms with Gasteiger partial charge in [0.15, 0.2) is 0 Å². The molecule has 19 heavy (non-hydrogen) atoms. The molecule has 0 radical (unpaired) electrons. The first-order valence-electron chi connectivity index (χ1n) is 6.29. The summed E-state index contributed by atoms with van der Waals surface area (Å²) in [6.45, 7) is 2.06. The second-order valence-electron chi connectivity index (χ2n) is 4.61. The number of rotatable bonds is 4. The van der Waals surface area contributed by atoms with Gasteiger partial charge in [-0.3, -0.25) is 0 Å². The van der Waals surface area contributed by atoms with Crippen LogP contribution in [-0.4, -0.2) is 7.05 Å².